The number of anilines is 3. The number of hydrogen-bond donors (Lipinski definition) is 2. The van der Waals surface area contributed by atoms with Gasteiger partial charge in [0.2, 0.25) is 0 Å². The van der Waals surface area contributed by atoms with Crippen molar-refractivity contribution >= 4 is 33.8 Å². The van der Waals surface area contributed by atoms with Crippen molar-refractivity contribution in [2.24, 2.45) is 23.2 Å². The molecule has 0 unspecified atom stereocenters. The molecule has 0 saturated heterocycles. The highest BCUT2D eigenvalue weighted by Crippen LogP contribution is 2.61. The summed E-state index contributed by atoms with van der Waals surface area (Å²) in [6.07, 6.45) is 6.99. The summed E-state index contributed by atoms with van der Waals surface area (Å²) >= 11 is 1.33. The van der Waals surface area contributed by atoms with E-state index in [9.17, 15) is 9.18 Å². The smallest absolute Gasteiger partial charge is 0.189 e. The van der Waals surface area contributed by atoms with E-state index in [1.54, 1.807) is 12.1 Å². The summed E-state index contributed by atoms with van der Waals surface area (Å²) in [5, 5.41) is 3.71. The van der Waals surface area contributed by atoms with Gasteiger partial charge in [-0.05, 0) is 80.5 Å². The minimum atomic E-state index is -0.285. The molecule has 4 saturated carbocycles. The number of halogens is 1. The SMILES string of the molecule is Nc1nc(Nc2ccc(F)cc2)sc1C(=O)C12CC3CC(CC(C3)C1)C2. The van der Waals surface area contributed by atoms with Crippen LogP contribution in [0.15, 0.2) is 24.3 Å². The van der Waals surface area contributed by atoms with Gasteiger partial charge < -0.3 is 11.1 Å². The quantitative estimate of drug-likeness (QED) is 0.742. The first-order chi connectivity index (χ1) is 12.5. The van der Waals surface area contributed by atoms with Crippen LogP contribution in [0.4, 0.5) is 21.0 Å². The molecule has 4 nitrogen and oxygen atoms in total. The van der Waals surface area contributed by atoms with Crippen LogP contribution in [0, 0.1) is 29.0 Å². The number of nitrogens with two attached hydrogens (primary N) is 1. The number of carbonyl (C=O) groups is 1. The molecular weight excluding hydrogens is 349 g/mol. The van der Waals surface area contributed by atoms with E-state index in [0.717, 1.165) is 42.7 Å². The van der Waals surface area contributed by atoms with Gasteiger partial charge in [0.25, 0.3) is 0 Å². The van der Waals surface area contributed by atoms with Gasteiger partial charge in [0.15, 0.2) is 10.9 Å². The molecule has 1 aromatic heterocycles. The maximum Gasteiger partial charge on any atom is 0.189 e. The lowest BCUT2D eigenvalue weighted by Crippen LogP contribution is -2.49. The summed E-state index contributed by atoms with van der Waals surface area (Å²) in [6.45, 7) is 0. The highest BCUT2D eigenvalue weighted by atomic mass is 32.1. The summed E-state index contributed by atoms with van der Waals surface area (Å²) in [6, 6.07) is 6.07. The number of Topliss-reactive ketones (excluding diaryl/α,β-unsaturated/α-hetero) is 1. The Labute approximate surface area is 156 Å². The van der Waals surface area contributed by atoms with Crippen LogP contribution in [0.25, 0.3) is 0 Å². The Balaban J connectivity index is 1.41. The lowest BCUT2D eigenvalue weighted by molar-refractivity contribution is -0.0350. The summed E-state index contributed by atoms with van der Waals surface area (Å²) in [5.74, 6) is 2.40. The molecule has 4 fully saturated rings. The van der Waals surface area contributed by atoms with Crippen molar-refractivity contribution in [2.75, 3.05) is 11.1 Å². The lowest BCUT2D eigenvalue weighted by atomic mass is 9.48. The van der Waals surface area contributed by atoms with E-state index in [0.29, 0.717) is 15.8 Å². The number of rotatable bonds is 4. The van der Waals surface area contributed by atoms with Crippen molar-refractivity contribution in [1.29, 1.82) is 0 Å². The standard InChI is InChI=1S/C20H22FN3OS/c21-14-1-3-15(4-2-14)23-19-24-18(22)16(26-19)17(25)20-8-11-5-12(9-20)7-13(6-11)10-20/h1-4,11-13H,5-10,22H2,(H,23,24). The molecule has 136 valence electrons. The van der Waals surface area contributed by atoms with Crippen LogP contribution in [0.2, 0.25) is 0 Å². The Kier molecular flexibility index (Phi) is 3.61. The van der Waals surface area contributed by atoms with Gasteiger partial charge in [0.1, 0.15) is 16.5 Å². The highest BCUT2D eigenvalue weighted by molar-refractivity contribution is 7.18. The molecule has 6 heteroatoms. The topological polar surface area (TPSA) is 68.0 Å². The number of nitrogens with zero attached hydrogens (tertiary/aromatic N) is 1. The fraction of sp³-hybridized carbons (Fsp3) is 0.500. The first kappa shape index (κ1) is 16.2. The predicted molar refractivity (Wildman–Crippen MR) is 101 cm³/mol. The van der Waals surface area contributed by atoms with Crippen molar-refractivity contribution in [3.8, 4) is 0 Å². The van der Waals surface area contributed by atoms with E-state index in [4.69, 9.17) is 5.73 Å². The number of thiazole rings is 1. The number of nitrogen functional groups attached to an aromatic ring is 1. The summed E-state index contributed by atoms with van der Waals surface area (Å²) in [7, 11) is 0. The van der Waals surface area contributed by atoms with Gasteiger partial charge in [-0.25, -0.2) is 9.37 Å². The molecule has 4 aliphatic carbocycles. The third-order valence-corrected chi connectivity index (χ3v) is 7.46. The maximum absolute atomic E-state index is 13.4. The van der Waals surface area contributed by atoms with Gasteiger partial charge in [-0.3, -0.25) is 4.79 Å². The zero-order valence-corrected chi connectivity index (χ0v) is 15.3. The van der Waals surface area contributed by atoms with Crippen molar-refractivity contribution in [3.05, 3.63) is 35.0 Å². The molecule has 1 aromatic carbocycles. The van der Waals surface area contributed by atoms with Crippen LogP contribution in [0.1, 0.15) is 48.2 Å². The third kappa shape index (κ3) is 2.62. The van der Waals surface area contributed by atoms with E-state index in [1.807, 2.05) is 0 Å². The largest absolute Gasteiger partial charge is 0.382 e. The molecular formula is C20H22FN3OS. The number of hydrogen-bond acceptors (Lipinski definition) is 5. The van der Waals surface area contributed by atoms with Crippen LogP contribution in [0.3, 0.4) is 0 Å². The van der Waals surface area contributed by atoms with Crippen molar-refractivity contribution in [1.82, 2.24) is 4.98 Å². The van der Waals surface area contributed by atoms with Gasteiger partial charge in [-0.1, -0.05) is 11.3 Å². The monoisotopic (exact) mass is 371 g/mol. The fourth-order valence-electron chi connectivity index (χ4n) is 5.83. The molecule has 0 atom stereocenters. The predicted octanol–water partition coefficient (Wildman–Crippen LogP) is 5.01. The van der Waals surface area contributed by atoms with E-state index in [-0.39, 0.29) is 17.0 Å². The van der Waals surface area contributed by atoms with Crippen LogP contribution in [-0.4, -0.2) is 10.8 Å². The van der Waals surface area contributed by atoms with Gasteiger partial charge in [0, 0.05) is 11.1 Å². The molecule has 1 heterocycles. The Bertz CT molecular complexity index is 825. The summed E-state index contributed by atoms with van der Waals surface area (Å²) in [4.78, 5) is 18.4. The van der Waals surface area contributed by atoms with Gasteiger partial charge in [0.05, 0.1) is 0 Å². The van der Waals surface area contributed by atoms with Gasteiger partial charge in [-0.2, -0.15) is 0 Å². The molecule has 4 aliphatic rings. The fourth-order valence-corrected chi connectivity index (χ4v) is 6.80. The average molecular weight is 371 g/mol. The van der Waals surface area contributed by atoms with Crippen LogP contribution >= 0.6 is 11.3 Å². The Hall–Kier alpha value is -1.95. The minimum absolute atomic E-state index is 0.206. The number of benzene rings is 1. The van der Waals surface area contributed by atoms with E-state index < -0.39 is 0 Å². The Morgan fingerprint density at radius 2 is 1.69 bits per heavy atom. The van der Waals surface area contributed by atoms with E-state index in [1.165, 1.54) is 42.7 Å². The zero-order valence-electron chi connectivity index (χ0n) is 14.5. The molecule has 0 aliphatic heterocycles. The molecule has 4 bridgehead atoms. The number of nitrogens with one attached hydrogen (secondary N) is 1. The Morgan fingerprint density at radius 1 is 1.12 bits per heavy atom. The van der Waals surface area contributed by atoms with Crippen molar-refractivity contribution < 1.29 is 9.18 Å². The van der Waals surface area contributed by atoms with Crippen LogP contribution in [-0.2, 0) is 0 Å². The molecule has 6 rings (SSSR count). The second-order valence-corrected chi connectivity index (χ2v) is 9.39. The normalized spacial score (nSPS) is 32.0. The molecule has 0 spiro atoms. The van der Waals surface area contributed by atoms with Crippen LogP contribution < -0.4 is 11.1 Å². The number of carbonyl (C=O) groups excluding carboxylic acids is 1. The second kappa shape index (κ2) is 5.78. The maximum atomic E-state index is 13.4. The second-order valence-electron chi connectivity index (χ2n) is 8.39. The summed E-state index contributed by atoms with van der Waals surface area (Å²) in [5.41, 5.74) is 6.64. The molecule has 2 aromatic rings. The molecule has 3 N–H and O–H groups in total. The first-order valence-corrected chi connectivity index (χ1v) is 10.2. The molecule has 0 radical (unpaired) electrons. The van der Waals surface area contributed by atoms with Crippen molar-refractivity contribution in [3.63, 3.8) is 0 Å². The average Bonchev–Trinajstić information content (AvgIpc) is 2.95. The van der Waals surface area contributed by atoms with E-state index >= 15 is 0 Å². The summed E-state index contributed by atoms with van der Waals surface area (Å²) < 4.78 is 13.1. The zero-order chi connectivity index (χ0) is 17.9. The first-order valence-electron chi connectivity index (χ1n) is 9.34. The third-order valence-electron chi connectivity index (χ3n) is 6.48. The molecule has 26 heavy (non-hydrogen) atoms. The van der Waals surface area contributed by atoms with E-state index in [2.05, 4.69) is 10.3 Å². The van der Waals surface area contributed by atoms with Crippen LogP contribution in [0.5, 0.6) is 0 Å². The van der Waals surface area contributed by atoms with Crippen molar-refractivity contribution in [2.45, 2.75) is 38.5 Å². The minimum Gasteiger partial charge on any atom is -0.382 e. The highest BCUT2D eigenvalue weighted by Gasteiger charge is 2.55. The molecule has 0 amide bonds. The number of ketones is 1. The van der Waals surface area contributed by atoms with Gasteiger partial charge >= 0.3 is 0 Å². The number of aromatic nitrogens is 1. The lowest BCUT2D eigenvalue weighted by Gasteiger charge is -2.55. The Morgan fingerprint density at radius 3 is 2.27 bits per heavy atom. The van der Waals surface area contributed by atoms with Gasteiger partial charge in [-0.15, -0.1) is 0 Å².